The molecule has 31 heavy (non-hydrogen) atoms. The lowest BCUT2D eigenvalue weighted by Gasteiger charge is -2.38. The van der Waals surface area contributed by atoms with Gasteiger partial charge in [-0.15, -0.1) is 0 Å². The summed E-state index contributed by atoms with van der Waals surface area (Å²) in [6.45, 7) is 9.77. The van der Waals surface area contributed by atoms with Crippen LogP contribution in [0.25, 0.3) is 10.9 Å². The number of carbonyl (C=O) groups excluding carboxylic acids is 1. The lowest BCUT2D eigenvalue weighted by Crippen LogP contribution is -2.54. The Hall–Kier alpha value is -3.33. The third-order valence-electron chi connectivity index (χ3n) is 5.46. The highest BCUT2D eigenvalue weighted by molar-refractivity contribution is 6.13. The molecule has 1 fully saturated rings. The van der Waals surface area contributed by atoms with E-state index in [9.17, 15) is 4.79 Å². The number of benzene rings is 1. The average molecular weight is 422 g/mol. The molecule has 1 aliphatic rings. The van der Waals surface area contributed by atoms with E-state index in [-0.39, 0.29) is 11.9 Å². The number of carbonyl (C=O) groups is 1. The predicted molar refractivity (Wildman–Crippen MR) is 120 cm³/mol. The maximum atomic E-state index is 13.1. The summed E-state index contributed by atoms with van der Waals surface area (Å²) in [7, 11) is 1.51. The Bertz CT molecular complexity index is 1120. The van der Waals surface area contributed by atoms with Gasteiger partial charge in [-0.05, 0) is 39.8 Å². The Morgan fingerprint density at radius 2 is 1.84 bits per heavy atom. The zero-order chi connectivity index (χ0) is 22.1. The summed E-state index contributed by atoms with van der Waals surface area (Å²) in [6.07, 6.45) is 3.27. The van der Waals surface area contributed by atoms with Gasteiger partial charge in [0.2, 0.25) is 0 Å². The summed E-state index contributed by atoms with van der Waals surface area (Å²) < 4.78 is 5.22. The monoisotopic (exact) mass is 421 g/mol. The standard InChI is InChI=1S/C22H27N7O2/c1-12-10-29(11-13(2)25-12)18-7-6-16(20-17(18)8-24-22(28-20)31-5)21(30)27-19-9-23-14(3)15(4)26-19/h6-9,12-13,25H,10-11H2,1-5H3,(H,26,27,30). The minimum Gasteiger partial charge on any atom is -0.467 e. The van der Waals surface area contributed by atoms with Gasteiger partial charge in [-0.25, -0.2) is 9.97 Å². The van der Waals surface area contributed by atoms with E-state index in [1.807, 2.05) is 19.9 Å². The van der Waals surface area contributed by atoms with Crippen LogP contribution in [0.5, 0.6) is 6.01 Å². The number of rotatable bonds is 4. The highest BCUT2D eigenvalue weighted by atomic mass is 16.5. The van der Waals surface area contributed by atoms with Crippen molar-refractivity contribution in [3.8, 4) is 6.01 Å². The first kappa shape index (κ1) is 20.9. The minimum absolute atomic E-state index is 0.215. The number of aryl methyl sites for hydroxylation is 2. The first-order valence-electron chi connectivity index (χ1n) is 10.3. The van der Waals surface area contributed by atoms with Crippen LogP contribution in [0, 0.1) is 13.8 Å². The van der Waals surface area contributed by atoms with Crippen LogP contribution in [-0.4, -0.2) is 58.1 Å². The number of nitrogens with zero attached hydrogens (tertiary/aromatic N) is 5. The van der Waals surface area contributed by atoms with Crippen LogP contribution in [0.3, 0.4) is 0 Å². The molecule has 1 aliphatic heterocycles. The van der Waals surface area contributed by atoms with Gasteiger partial charge in [-0.3, -0.25) is 9.78 Å². The lowest BCUT2D eigenvalue weighted by molar-refractivity contribution is 0.102. The zero-order valence-electron chi connectivity index (χ0n) is 18.4. The fourth-order valence-corrected chi connectivity index (χ4v) is 3.96. The molecule has 0 radical (unpaired) electrons. The third kappa shape index (κ3) is 4.27. The summed E-state index contributed by atoms with van der Waals surface area (Å²) in [4.78, 5) is 32.9. The minimum atomic E-state index is -0.308. The molecule has 0 aliphatic carbocycles. The van der Waals surface area contributed by atoms with Gasteiger partial charge in [0.05, 0.1) is 35.8 Å². The number of piperazine rings is 1. The Balaban J connectivity index is 1.75. The summed E-state index contributed by atoms with van der Waals surface area (Å²) in [5, 5.41) is 7.18. The molecule has 9 heteroatoms. The number of ether oxygens (including phenoxy) is 1. The van der Waals surface area contributed by atoms with Crippen molar-refractivity contribution in [1.29, 1.82) is 0 Å². The zero-order valence-corrected chi connectivity index (χ0v) is 18.4. The Labute approximate surface area is 181 Å². The van der Waals surface area contributed by atoms with Gasteiger partial charge in [0.15, 0.2) is 5.82 Å². The summed E-state index contributed by atoms with van der Waals surface area (Å²) in [5.41, 5.74) is 3.56. The highest BCUT2D eigenvalue weighted by Crippen LogP contribution is 2.30. The smallest absolute Gasteiger partial charge is 0.316 e. The van der Waals surface area contributed by atoms with Crippen molar-refractivity contribution in [3.63, 3.8) is 0 Å². The fourth-order valence-electron chi connectivity index (χ4n) is 3.96. The second-order valence-corrected chi connectivity index (χ2v) is 8.01. The average Bonchev–Trinajstić information content (AvgIpc) is 2.74. The van der Waals surface area contributed by atoms with E-state index in [1.165, 1.54) is 7.11 Å². The molecule has 162 valence electrons. The molecule has 2 aromatic heterocycles. The Morgan fingerprint density at radius 1 is 1.10 bits per heavy atom. The number of nitrogens with one attached hydrogen (secondary N) is 2. The van der Waals surface area contributed by atoms with E-state index in [1.54, 1.807) is 18.5 Å². The van der Waals surface area contributed by atoms with E-state index < -0.39 is 0 Å². The molecular weight excluding hydrogens is 394 g/mol. The van der Waals surface area contributed by atoms with Gasteiger partial charge < -0.3 is 20.3 Å². The van der Waals surface area contributed by atoms with Gasteiger partial charge in [-0.2, -0.15) is 4.98 Å². The number of methoxy groups -OCH3 is 1. The van der Waals surface area contributed by atoms with Crippen molar-refractivity contribution in [3.05, 3.63) is 41.5 Å². The Kier molecular flexibility index (Phi) is 5.69. The van der Waals surface area contributed by atoms with Gasteiger partial charge in [-0.1, -0.05) is 0 Å². The largest absolute Gasteiger partial charge is 0.467 e. The SMILES string of the molecule is COc1ncc2c(N3CC(C)NC(C)C3)ccc(C(=O)Nc3cnc(C)c(C)n3)c2n1. The molecule has 0 bridgehead atoms. The van der Waals surface area contributed by atoms with E-state index >= 15 is 0 Å². The number of anilines is 2. The van der Waals surface area contributed by atoms with Crippen molar-refractivity contribution in [1.82, 2.24) is 25.3 Å². The topological polar surface area (TPSA) is 105 Å². The van der Waals surface area contributed by atoms with Crippen LogP contribution in [0.1, 0.15) is 35.6 Å². The second-order valence-electron chi connectivity index (χ2n) is 8.01. The highest BCUT2D eigenvalue weighted by Gasteiger charge is 2.24. The van der Waals surface area contributed by atoms with Gasteiger partial charge in [0.25, 0.3) is 5.91 Å². The van der Waals surface area contributed by atoms with Gasteiger partial charge in [0.1, 0.15) is 0 Å². The van der Waals surface area contributed by atoms with E-state index in [0.29, 0.717) is 29.0 Å². The number of fused-ring (bicyclic) bond motifs is 1. The van der Waals surface area contributed by atoms with Crippen molar-refractivity contribution in [2.45, 2.75) is 39.8 Å². The molecule has 1 amide bonds. The summed E-state index contributed by atoms with van der Waals surface area (Å²) >= 11 is 0. The van der Waals surface area contributed by atoms with E-state index in [0.717, 1.165) is 35.6 Å². The molecule has 0 saturated carbocycles. The van der Waals surface area contributed by atoms with Crippen LogP contribution < -0.4 is 20.3 Å². The first-order chi connectivity index (χ1) is 14.9. The van der Waals surface area contributed by atoms with Crippen LogP contribution in [-0.2, 0) is 0 Å². The molecule has 4 rings (SSSR count). The molecule has 2 atom stereocenters. The predicted octanol–water partition coefficient (Wildman–Crippen LogP) is 2.48. The number of hydrogen-bond donors (Lipinski definition) is 2. The number of hydrogen-bond acceptors (Lipinski definition) is 8. The Morgan fingerprint density at radius 3 is 2.52 bits per heavy atom. The molecule has 3 aromatic rings. The van der Waals surface area contributed by atoms with E-state index in [2.05, 4.69) is 49.3 Å². The maximum Gasteiger partial charge on any atom is 0.316 e. The summed E-state index contributed by atoms with van der Waals surface area (Å²) in [5.74, 6) is 0.0907. The van der Waals surface area contributed by atoms with Crippen LogP contribution in [0.2, 0.25) is 0 Å². The molecule has 1 aromatic carbocycles. The van der Waals surface area contributed by atoms with Crippen LogP contribution in [0.15, 0.2) is 24.5 Å². The maximum absolute atomic E-state index is 13.1. The van der Waals surface area contributed by atoms with Crippen molar-refractivity contribution in [2.75, 3.05) is 30.4 Å². The van der Waals surface area contributed by atoms with Gasteiger partial charge in [0, 0.05) is 42.4 Å². The lowest BCUT2D eigenvalue weighted by atomic mass is 10.0. The molecular formula is C22H27N7O2. The third-order valence-corrected chi connectivity index (χ3v) is 5.46. The first-order valence-corrected chi connectivity index (χ1v) is 10.3. The number of amides is 1. The molecule has 2 unspecified atom stereocenters. The fraction of sp³-hybridized carbons (Fsp3) is 0.409. The van der Waals surface area contributed by atoms with Crippen molar-refractivity contribution < 1.29 is 9.53 Å². The normalized spacial score (nSPS) is 18.8. The second kappa shape index (κ2) is 8.43. The summed E-state index contributed by atoms with van der Waals surface area (Å²) in [6, 6.07) is 4.68. The molecule has 3 heterocycles. The molecule has 2 N–H and O–H groups in total. The number of aromatic nitrogens is 4. The van der Waals surface area contributed by atoms with E-state index in [4.69, 9.17) is 4.74 Å². The van der Waals surface area contributed by atoms with Crippen molar-refractivity contribution >= 4 is 28.3 Å². The van der Waals surface area contributed by atoms with Gasteiger partial charge >= 0.3 is 6.01 Å². The van der Waals surface area contributed by atoms with Crippen molar-refractivity contribution in [2.24, 2.45) is 0 Å². The van der Waals surface area contributed by atoms with Crippen LogP contribution in [0.4, 0.5) is 11.5 Å². The molecule has 9 nitrogen and oxygen atoms in total. The molecule has 0 spiro atoms. The molecule has 1 saturated heterocycles. The van der Waals surface area contributed by atoms with Crippen LogP contribution >= 0.6 is 0 Å². The quantitative estimate of drug-likeness (QED) is 0.662.